The highest BCUT2D eigenvalue weighted by Gasteiger charge is 2.04. The van der Waals surface area contributed by atoms with Gasteiger partial charge in [-0.2, -0.15) is 0 Å². The van der Waals surface area contributed by atoms with Gasteiger partial charge in [0.1, 0.15) is 18.3 Å². The maximum absolute atomic E-state index is 10.3. The summed E-state index contributed by atoms with van der Waals surface area (Å²) in [5.41, 5.74) is 1.76. The van der Waals surface area contributed by atoms with Crippen LogP contribution >= 0.6 is 0 Å². The zero-order chi connectivity index (χ0) is 12.1. The lowest BCUT2D eigenvalue weighted by Crippen LogP contribution is -1.91. The highest BCUT2D eigenvalue weighted by Crippen LogP contribution is 2.14. The first-order valence-corrected chi connectivity index (χ1v) is 5.31. The van der Waals surface area contributed by atoms with Gasteiger partial charge in [-0.15, -0.1) is 0 Å². The van der Waals surface area contributed by atoms with Crippen LogP contribution in [0.1, 0.15) is 17.1 Å². The normalized spacial score (nSPS) is 10.2. The van der Waals surface area contributed by atoms with E-state index in [1.807, 2.05) is 24.3 Å². The molecular weight excluding hydrogens is 218 g/mol. The topological polar surface area (TPSA) is 52.3 Å². The third kappa shape index (κ3) is 2.93. The van der Waals surface area contributed by atoms with Crippen molar-refractivity contribution in [2.24, 2.45) is 0 Å². The Morgan fingerprint density at radius 3 is 2.76 bits per heavy atom. The minimum Gasteiger partial charge on any atom is -0.497 e. The number of nitrogens with zero attached hydrogens (tertiary/aromatic N) is 1. The molecule has 1 aromatic heterocycles. The molecule has 0 N–H and O–H groups in total. The number of hydrogen-bond acceptors (Lipinski definition) is 4. The molecule has 0 unspecified atom stereocenters. The summed E-state index contributed by atoms with van der Waals surface area (Å²) >= 11 is 0. The van der Waals surface area contributed by atoms with E-state index < -0.39 is 0 Å². The molecule has 0 spiro atoms. The maximum atomic E-state index is 10.3. The molecule has 4 nitrogen and oxygen atoms in total. The molecule has 0 bridgehead atoms. The highest BCUT2D eigenvalue weighted by atomic mass is 16.5. The second-order valence-corrected chi connectivity index (χ2v) is 3.63. The van der Waals surface area contributed by atoms with E-state index in [0.717, 1.165) is 17.6 Å². The largest absolute Gasteiger partial charge is 0.497 e. The first-order chi connectivity index (χ1) is 8.31. The van der Waals surface area contributed by atoms with Gasteiger partial charge in [-0.1, -0.05) is 12.1 Å². The van der Waals surface area contributed by atoms with Gasteiger partial charge in [0.25, 0.3) is 0 Å². The average Bonchev–Trinajstić information content (AvgIpc) is 2.78. The molecule has 1 heterocycles. The van der Waals surface area contributed by atoms with Crippen molar-refractivity contribution in [1.29, 1.82) is 0 Å². The number of ether oxygens (including phenoxy) is 1. The smallest absolute Gasteiger partial charge is 0.198 e. The van der Waals surface area contributed by atoms with Gasteiger partial charge in [0.2, 0.25) is 0 Å². The van der Waals surface area contributed by atoms with Crippen molar-refractivity contribution < 1.29 is 13.9 Å². The quantitative estimate of drug-likeness (QED) is 0.739. The summed E-state index contributed by atoms with van der Waals surface area (Å²) in [5.74, 6) is 1.44. The Morgan fingerprint density at radius 1 is 1.35 bits per heavy atom. The van der Waals surface area contributed by atoms with E-state index in [1.165, 1.54) is 6.26 Å². The molecule has 17 heavy (non-hydrogen) atoms. The fourth-order valence-electron chi connectivity index (χ4n) is 1.53. The van der Waals surface area contributed by atoms with Gasteiger partial charge in [0.15, 0.2) is 5.89 Å². The first-order valence-electron chi connectivity index (χ1n) is 5.31. The molecule has 4 heteroatoms. The lowest BCUT2D eigenvalue weighted by molar-refractivity contribution is -0.107. The summed E-state index contributed by atoms with van der Waals surface area (Å²) in [6.45, 7) is 0. The molecule has 0 amide bonds. The second kappa shape index (κ2) is 5.30. The molecule has 2 rings (SSSR count). The molecule has 88 valence electrons. The van der Waals surface area contributed by atoms with Crippen LogP contribution in [0.5, 0.6) is 5.75 Å². The maximum Gasteiger partial charge on any atom is 0.198 e. The van der Waals surface area contributed by atoms with Crippen molar-refractivity contribution in [3.05, 3.63) is 47.7 Å². The fourth-order valence-corrected chi connectivity index (χ4v) is 1.53. The van der Waals surface area contributed by atoms with Crippen LogP contribution in [0.15, 0.2) is 34.9 Å². The van der Waals surface area contributed by atoms with Crippen LogP contribution < -0.4 is 4.74 Å². The van der Waals surface area contributed by atoms with Gasteiger partial charge in [0, 0.05) is 12.8 Å². The van der Waals surface area contributed by atoms with E-state index in [0.29, 0.717) is 24.4 Å². The van der Waals surface area contributed by atoms with E-state index in [2.05, 4.69) is 4.98 Å². The van der Waals surface area contributed by atoms with Crippen LogP contribution in [0.25, 0.3) is 0 Å². The summed E-state index contributed by atoms with van der Waals surface area (Å²) in [6.07, 6.45) is 3.25. The van der Waals surface area contributed by atoms with Crippen molar-refractivity contribution in [1.82, 2.24) is 4.98 Å². The van der Waals surface area contributed by atoms with E-state index in [9.17, 15) is 4.79 Å². The van der Waals surface area contributed by atoms with Crippen LogP contribution in [0.2, 0.25) is 0 Å². The van der Waals surface area contributed by atoms with Crippen LogP contribution in [0, 0.1) is 0 Å². The van der Waals surface area contributed by atoms with Crippen molar-refractivity contribution in [2.45, 2.75) is 12.8 Å². The van der Waals surface area contributed by atoms with Crippen LogP contribution in [-0.2, 0) is 17.6 Å². The third-order valence-electron chi connectivity index (χ3n) is 2.41. The standard InChI is InChI=1S/C13H13NO3/c1-16-12-4-2-10(3-5-12)8-13-14-11(6-7-15)9-17-13/h2-5,7,9H,6,8H2,1H3. The second-order valence-electron chi connectivity index (χ2n) is 3.63. The SMILES string of the molecule is COc1ccc(Cc2nc(CC=O)co2)cc1. The Bertz CT molecular complexity index is 488. The molecule has 0 radical (unpaired) electrons. The van der Waals surface area contributed by atoms with Crippen molar-refractivity contribution in [3.8, 4) is 5.75 Å². The summed E-state index contributed by atoms with van der Waals surface area (Å²) in [7, 11) is 1.63. The van der Waals surface area contributed by atoms with Gasteiger partial charge in [0.05, 0.1) is 12.8 Å². The molecule has 0 saturated heterocycles. The lowest BCUT2D eigenvalue weighted by Gasteiger charge is -2.00. The van der Waals surface area contributed by atoms with E-state index in [-0.39, 0.29) is 0 Å². The average molecular weight is 231 g/mol. The van der Waals surface area contributed by atoms with Crippen LogP contribution in [0.3, 0.4) is 0 Å². The van der Waals surface area contributed by atoms with Gasteiger partial charge < -0.3 is 13.9 Å². The van der Waals surface area contributed by atoms with Crippen LogP contribution in [0.4, 0.5) is 0 Å². The molecule has 0 atom stereocenters. The number of carbonyl (C=O) groups is 1. The van der Waals surface area contributed by atoms with Crippen molar-refractivity contribution in [2.75, 3.05) is 7.11 Å². The van der Waals surface area contributed by atoms with Gasteiger partial charge in [-0.05, 0) is 17.7 Å². The molecular formula is C13H13NO3. The number of carbonyl (C=O) groups excluding carboxylic acids is 1. The Morgan fingerprint density at radius 2 is 2.12 bits per heavy atom. The summed E-state index contributed by atoms with van der Waals surface area (Å²) in [5, 5.41) is 0. The number of rotatable bonds is 5. The molecule has 2 aromatic rings. The van der Waals surface area contributed by atoms with E-state index >= 15 is 0 Å². The highest BCUT2D eigenvalue weighted by molar-refractivity contribution is 5.53. The van der Waals surface area contributed by atoms with E-state index in [1.54, 1.807) is 7.11 Å². The molecule has 0 saturated carbocycles. The summed E-state index contributed by atoms with van der Waals surface area (Å²) in [6, 6.07) is 7.71. The number of benzene rings is 1. The molecule has 0 aliphatic heterocycles. The molecule has 0 aliphatic rings. The number of methoxy groups -OCH3 is 1. The first kappa shape index (κ1) is 11.4. The Hall–Kier alpha value is -2.10. The van der Waals surface area contributed by atoms with Crippen molar-refractivity contribution >= 4 is 6.29 Å². The van der Waals surface area contributed by atoms with E-state index in [4.69, 9.17) is 9.15 Å². The number of hydrogen-bond donors (Lipinski definition) is 0. The van der Waals surface area contributed by atoms with Crippen LogP contribution in [-0.4, -0.2) is 18.4 Å². The minimum atomic E-state index is 0.298. The molecule has 0 aliphatic carbocycles. The third-order valence-corrected chi connectivity index (χ3v) is 2.41. The molecule has 1 aromatic carbocycles. The van der Waals surface area contributed by atoms with Crippen molar-refractivity contribution in [3.63, 3.8) is 0 Å². The predicted molar refractivity (Wildman–Crippen MR) is 62.1 cm³/mol. The monoisotopic (exact) mass is 231 g/mol. The predicted octanol–water partition coefficient (Wildman–Crippen LogP) is 2.02. The number of aldehydes is 1. The summed E-state index contributed by atoms with van der Waals surface area (Å²) in [4.78, 5) is 14.5. The lowest BCUT2D eigenvalue weighted by atomic mass is 10.1. The Balaban J connectivity index is 2.05. The van der Waals surface area contributed by atoms with Gasteiger partial charge >= 0.3 is 0 Å². The number of oxazole rings is 1. The Kier molecular flexibility index (Phi) is 3.55. The van der Waals surface area contributed by atoms with Gasteiger partial charge in [-0.25, -0.2) is 4.98 Å². The zero-order valence-electron chi connectivity index (χ0n) is 9.55. The number of aromatic nitrogens is 1. The molecule has 0 fully saturated rings. The van der Waals surface area contributed by atoms with Gasteiger partial charge in [-0.3, -0.25) is 0 Å². The fraction of sp³-hybridized carbons (Fsp3) is 0.231. The minimum absolute atomic E-state index is 0.298. The zero-order valence-corrected chi connectivity index (χ0v) is 9.55. The summed E-state index contributed by atoms with van der Waals surface area (Å²) < 4.78 is 10.4. The Labute approximate surface area is 99.2 Å².